The number of nitrogens with one attached hydrogen (secondary N) is 1. The van der Waals surface area contributed by atoms with Crippen molar-refractivity contribution in [2.24, 2.45) is 0 Å². The highest BCUT2D eigenvalue weighted by Gasteiger charge is 1.98. The number of carboxylic acid groups (broad SMARTS) is 1. The summed E-state index contributed by atoms with van der Waals surface area (Å²) in [5, 5.41) is 11.6. The molecule has 3 aromatic rings. The Bertz CT molecular complexity index is 698. The third-order valence-electron chi connectivity index (χ3n) is 3.12. The molecule has 0 fully saturated rings. The molecule has 0 radical (unpaired) electrons. The van der Waals surface area contributed by atoms with Gasteiger partial charge >= 0.3 is 5.97 Å². The van der Waals surface area contributed by atoms with Gasteiger partial charge in [0.1, 0.15) is 0 Å². The van der Waals surface area contributed by atoms with Crippen molar-refractivity contribution in [2.75, 3.05) is 0 Å². The molecule has 3 heterocycles. The van der Waals surface area contributed by atoms with Gasteiger partial charge in [0, 0.05) is 31.7 Å². The molecule has 25 heavy (non-hydrogen) atoms. The second-order valence-corrected chi connectivity index (χ2v) is 5.14. The minimum Gasteiger partial charge on any atom is -0.481 e. The van der Waals surface area contributed by atoms with Gasteiger partial charge in [-0.2, -0.15) is 0 Å². The molecule has 0 saturated heterocycles. The number of carboxylic acids is 1. The van der Waals surface area contributed by atoms with Crippen molar-refractivity contribution >= 4 is 5.97 Å². The fourth-order valence-corrected chi connectivity index (χ4v) is 1.98. The maximum atomic E-state index is 10.1. The van der Waals surface area contributed by atoms with E-state index in [-0.39, 0.29) is 6.42 Å². The van der Waals surface area contributed by atoms with Crippen LogP contribution in [0.4, 0.5) is 0 Å². The summed E-state index contributed by atoms with van der Waals surface area (Å²) in [5.74, 6) is -0.848. The molecule has 128 valence electrons. The lowest BCUT2D eigenvalue weighted by molar-refractivity contribution is -0.136. The first-order chi connectivity index (χ1) is 12.2. The molecule has 3 rings (SSSR count). The lowest BCUT2D eigenvalue weighted by Crippen LogP contribution is -2.14. The van der Waals surface area contributed by atoms with Crippen LogP contribution in [0.15, 0.2) is 73.2 Å². The van der Waals surface area contributed by atoms with Gasteiger partial charge in [-0.3, -0.25) is 19.7 Å². The maximum absolute atomic E-state index is 10.1. The molecule has 2 N–H and O–H groups in total. The fraction of sp³-hybridized carbons (Fsp3) is 0.158. The van der Waals surface area contributed by atoms with Crippen LogP contribution in [0.3, 0.4) is 0 Å². The number of aliphatic carboxylic acids is 1. The van der Waals surface area contributed by atoms with Gasteiger partial charge in [-0.05, 0) is 36.4 Å². The smallest absolute Gasteiger partial charge is 0.309 e. The molecule has 0 aromatic carbocycles. The van der Waals surface area contributed by atoms with Crippen LogP contribution in [0, 0.1) is 0 Å². The van der Waals surface area contributed by atoms with Crippen LogP contribution in [0.1, 0.15) is 17.1 Å². The molecule has 6 nitrogen and oxygen atoms in total. The number of carbonyl (C=O) groups is 1. The summed E-state index contributed by atoms with van der Waals surface area (Å²) in [5.41, 5.74) is 2.69. The monoisotopic (exact) mass is 336 g/mol. The van der Waals surface area contributed by atoms with Crippen molar-refractivity contribution < 1.29 is 9.90 Å². The van der Waals surface area contributed by atoms with E-state index in [1.54, 1.807) is 36.8 Å². The number of rotatable bonds is 6. The highest BCUT2D eigenvalue weighted by molar-refractivity contribution is 5.69. The van der Waals surface area contributed by atoms with Gasteiger partial charge in [-0.25, -0.2) is 0 Å². The summed E-state index contributed by atoms with van der Waals surface area (Å²) in [6.45, 7) is 1.55. The molecular weight excluding hydrogens is 316 g/mol. The van der Waals surface area contributed by atoms with Gasteiger partial charge in [0.2, 0.25) is 0 Å². The van der Waals surface area contributed by atoms with Crippen LogP contribution >= 0.6 is 0 Å². The van der Waals surface area contributed by atoms with E-state index in [9.17, 15) is 4.79 Å². The van der Waals surface area contributed by atoms with E-state index < -0.39 is 5.97 Å². The first kappa shape index (κ1) is 18.2. The summed E-state index contributed by atoms with van der Waals surface area (Å²) in [7, 11) is 0. The van der Waals surface area contributed by atoms with Crippen LogP contribution in [-0.4, -0.2) is 26.0 Å². The van der Waals surface area contributed by atoms with E-state index in [1.165, 1.54) is 0 Å². The van der Waals surface area contributed by atoms with Crippen LogP contribution in [-0.2, 0) is 24.3 Å². The van der Waals surface area contributed by atoms with E-state index in [0.29, 0.717) is 5.69 Å². The summed E-state index contributed by atoms with van der Waals surface area (Å²) < 4.78 is 0. The second kappa shape index (κ2) is 10.6. The van der Waals surface area contributed by atoms with Crippen LogP contribution in [0.2, 0.25) is 0 Å². The molecule has 0 aliphatic carbocycles. The van der Waals surface area contributed by atoms with Crippen molar-refractivity contribution in [3.8, 4) is 0 Å². The molecular formula is C19H20N4O2. The van der Waals surface area contributed by atoms with Gasteiger partial charge < -0.3 is 10.4 Å². The molecule has 3 aromatic heterocycles. The quantitative estimate of drug-likeness (QED) is 0.719. The zero-order chi connectivity index (χ0) is 17.7. The zero-order valence-corrected chi connectivity index (χ0v) is 13.7. The molecule has 0 aliphatic rings. The summed E-state index contributed by atoms with van der Waals surface area (Å²) >= 11 is 0. The lowest BCUT2D eigenvalue weighted by atomic mass is 10.3. The Morgan fingerprint density at radius 3 is 1.56 bits per heavy atom. The zero-order valence-electron chi connectivity index (χ0n) is 13.7. The second-order valence-electron chi connectivity index (χ2n) is 5.14. The Hall–Kier alpha value is -3.12. The number of hydrogen-bond acceptors (Lipinski definition) is 5. The highest BCUT2D eigenvalue weighted by atomic mass is 16.4. The van der Waals surface area contributed by atoms with Crippen molar-refractivity contribution in [1.82, 2.24) is 20.3 Å². The average Bonchev–Trinajstić information content (AvgIpc) is 2.64. The normalized spacial score (nSPS) is 9.76. The fourth-order valence-electron chi connectivity index (χ4n) is 1.98. The van der Waals surface area contributed by atoms with Gasteiger partial charge in [0.05, 0.1) is 23.5 Å². The van der Waals surface area contributed by atoms with Gasteiger partial charge in [-0.15, -0.1) is 0 Å². The Balaban J connectivity index is 0.000000196. The van der Waals surface area contributed by atoms with Crippen molar-refractivity contribution in [3.63, 3.8) is 0 Å². The summed E-state index contributed by atoms with van der Waals surface area (Å²) in [4.78, 5) is 22.4. The van der Waals surface area contributed by atoms with E-state index >= 15 is 0 Å². The standard InChI is InChI=1S/C12H13N3.C7H7NO2/c1-3-7-14-11(5-1)9-13-10-12-6-2-4-8-15-12;9-7(10)5-6-3-1-2-4-8-6/h1-8,13H,9-10H2;1-4H,5H2,(H,9,10). The maximum Gasteiger partial charge on any atom is 0.309 e. The minimum atomic E-state index is -0.848. The first-order valence-electron chi connectivity index (χ1n) is 7.86. The number of nitrogens with zero attached hydrogens (tertiary/aromatic N) is 3. The van der Waals surface area contributed by atoms with Crippen molar-refractivity contribution in [1.29, 1.82) is 0 Å². The SMILES string of the molecule is O=C(O)Cc1ccccn1.c1ccc(CNCc2ccccn2)nc1. The lowest BCUT2D eigenvalue weighted by Gasteiger charge is -2.03. The Morgan fingerprint density at radius 1 is 0.760 bits per heavy atom. The van der Waals surface area contributed by atoms with E-state index in [0.717, 1.165) is 24.5 Å². The van der Waals surface area contributed by atoms with E-state index in [4.69, 9.17) is 5.11 Å². The third-order valence-corrected chi connectivity index (χ3v) is 3.12. The van der Waals surface area contributed by atoms with Crippen molar-refractivity contribution in [2.45, 2.75) is 19.5 Å². The molecule has 0 atom stereocenters. The Kier molecular flexibility index (Phi) is 7.74. The predicted octanol–water partition coefficient (Wildman–Crippen LogP) is 2.48. The summed E-state index contributed by atoms with van der Waals surface area (Å²) in [6.07, 6.45) is 5.19. The number of pyridine rings is 3. The van der Waals surface area contributed by atoms with Gasteiger partial charge in [0.15, 0.2) is 0 Å². The molecule has 0 bridgehead atoms. The predicted molar refractivity (Wildman–Crippen MR) is 94.6 cm³/mol. The van der Waals surface area contributed by atoms with E-state index in [1.807, 2.05) is 36.4 Å². The van der Waals surface area contributed by atoms with Crippen molar-refractivity contribution in [3.05, 3.63) is 90.3 Å². The topological polar surface area (TPSA) is 88.0 Å². The number of aromatic nitrogens is 3. The highest BCUT2D eigenvalue weighted by Crippen LogP contribution is 1.95. The number of hydrogen-bond donors (Lipinski definition) is 2. The Labute approximate surface area is 146 Å². The molecule has 6 heteroatoms. The third kappa shape index (κ3) is 7.81. The van der Waals surface area contributed by atoms with Crippen LogP contribution < -0.4 is 5.32 Å². The van der Waals surface area contributed by atoms with Gasteiger partial charge in [-0.1, -0.05) is 18.2 Å². The van der Waals surface area contributed by atoms with Crippen LogP contribution in [0.5, 0.6) is 0 Å². The van der Waals surface area contributed by atoms with Gasteiger partial charge in [0.25, 0.3) is 0 Å². The molecule has 0 aliphatic heterocycles. The Morgan fingerprint density at radius 2 is 1.20 bits per heavy atom. The molecule has 0 spiro atoms. The summed E-state index contributed by atoms with van der Waals surface area (Å²) in [6, 6.07) is 17.0. The van der Waals surface area contributed by atoms with Crippen LogP contribution in [0.25, 0.3) is 0 Å². The minimum absolute atomic E-state index is 0.000833. The molecule has 0 amide bonds. The van der Waals surface area contributed by atoms with E-state index in [2.05, 4.69) is 20.3 Å². The molecule has 0 unspecified atom stereocenters. The first-order valence-corrected chi connectivity index (χ1v) is 7.86. The molecule has 0 saturated carbocycles. The average molecular weight is 336 g/mol. The largest absolute Gasteiger partial charge is 0.481 e.